The van der Waals surface area contributed by atoms with E-state index in [0.29, 0.717) is 26.2 Å². The van der Waals surface area contributed by atoms with Crippen molar-refractivity contribution in [2.45, 2.75) is 45.8 Å². The molecule has 7 heteroatoms. The van der Waals surface area contributed by atoms with Crippen molar-refractivity contribution in [3.8, 4) is 5.75 Å². The molecule has 1 unspecified atom stereocenters. The molecule has 0 saturated carbocycles. The normalized spacial score (nSPS) is 11.8. The maximum Gasteiger partial charge on any atom is 0.242 e. The van der Waals surface area contributed by atoms with E-state index in [9.17, 15) is 9.59 Å². The van der Waals surface area contributed by atoms with Crippen LogP contribution >= 0.6 is 11.6 Å². The van der Waals surface area contributed by atoms with Crippen LogP contribution in [0.4, 0.5) is 0 Å². The standard InChI is InChI=1S/C29H36ClN3O3/c1-22(2)17-33(29(35)23(3)30)21-28(34)32(18-24-10-6-5-7-11-24)20-26-13-9-15-31(26)19-25-12-8-14-27(16-25)36-4/h5-16,22-23H,17-21H2,1-4H3. The van der Waals surface area contributed by atoms with Gasteiger partial charge in [-0.2, -0.15) is 0 Å². The van der Waals surface area contributed by atoms with Crippen molar-refractivity contribution in [2.75, 3.05) is 20.2 Å². The predicted octanol–water partition coefficient (Wildman–Crippen LogP) is 5.19. The van der Waals surface area contributed by atoms with Gasteiger partial charge in [0.2, 0.25) is 11.8 Å². The molecule has 0 aliphatic rings. The number of carbonyl (C=O) groups is 2. The summed E-state index contributed by atoms with van der Waals surface area (Å²) in [5.41, 5.74) is 3.15. The van der Waals surface area contributed by atoms with E-state index in [4.69, 9.17) is 16.3 Å². The molecule has 192 valence electrons. The van der Waals surface area contributed by atoms with Crippen molar-refractivity contribution < 1.29 is 14.3 Å². The third-order valence-electron chi connectivity index (χ3n) is 5.90. The Morgan fingerprint density at radius 3 is 2.31 bits per heavy atom. The van der Waals surface area contributed by atoms with Crippen LogP contribution in [-0.2, 0) is 29.2 Å². The first-order valence-corrected chi connectivity index (χ1v) is 12.7. The van der Waals surface area contributed by atoms with Crippen molar-refractivity contribution in [3.05, 3.63) is 89.7 Å². The molecule has 3 aromatic rings. The summed E-state index contributed by atoms with van der Waals surface area (Å²) in [6.45, 7) is 7.71. The van der Waals surface area contributed by atoms with E-state index in [1.807, 2.05) is 85.6 Å². The fraction of sp³-hybridized carbons (Fsp3) is 0.379. The molecule has 2 aromatic carbocycles. The second-order valence-corrected chi connectivity index (χ2v) is 10.1. The van der Waals surface area contributed by atoms with Crippen LogP contribution in [0.5, 0.6) is 5.75 Å². The SMILES string of the molecule is COc1cccc(Cn2cccc2CN(Cc2ccccc2)C(=O)CN(CC(C)C)C(=O)C(C)Cl)c1. The summed E-state index contributed by atoms with van der Waals surface area (Å²) in [5, 5.41) is -0.681. The Bertz CT molecular complexity index is 1130. The highest BCUT2D eigenvalue weighted by Gasteiger charge is 2.25. The maximum absolute atomic E-state index is 13.6. The lowest BCUT2D eigenvalue weighted by Gasteiger charge is -2.30. The summed E-state index contributed by atoms with van der Waals surface area (Å²) < 4.78 is 7.50. The molecule has 1 aromatic heterocycles. The van der Waals surface area contributed by atoms with Crippen molar-refractivity contribution in [1.82, 2.24) is 14.4 Å². The lowest BCUT2D eigenvalue weighted by Crippen LogP contribution is -2.46. The number of ether oxygens (including phenoxy) is 1. The second kappa shape index (κ2) is 13.2. The van der Waals surface area contributed by atoms with E-state index < -0.39 is 5.38 Å². The molecule has 36 heavy (non-hydrogen) atoms. The molecular weight excluding hydrogens is 474 g/mol. The molecule has 2 amide bonds. The minimum Gasteiger partial charge on any atom is -0.497 e. The van der Waals surface area contributed by atoms with Gasteiger partial charge in [0.15, 0.2) is 0 Å². The van der Waals surface area contributed by atoms with Gasteiger partial charge < -0.3 is 19.1 Å². The summed E-state index contributed by atoms with van der Waals surface area (Å²) in [5.74, 6) is 0.699. The maximum atomic E-state index is 13.6. The Morgan fingerprint density at radius 1 is 0.917 bits per heavy atom. The Kier molecular flexibility index (Phi) is 10.00. The van der Waals surface area contributed by atoms with Crippen LogP contribution in [0.2, 0.25) is 0 Å². The molecule has 0 aliphatic carbocycles. The molecule has 0 spiro atoms. The number of hydrogen-bond donors (Lipinski definition) is 0. The number of methoxy groups -OCH3 is 1. The van der Waals surface area contributed by atoms with Crippen LogP contribution in [0, 0.1) is 5.92 Å². The molecule has 6 nitrogen and oxygen atoms in total. The first-order chi connectivity index (χ1) is 17.3. The van der Waals surface area contributed by atoms with E-state index in [1.54, 1.807) is 18.9 Å². The summed E-state index contributed by atoms with van der Waals surface area (Å²) in [6, 6.07) is 21.9. The van der Waals surface area contributed by atoms with Crippen molar-refractivity contribution in [1.29, 1.82) is 0 Å². The van der Waals surface area contributed by atoms with Crippen molar-refractivity contribution in [2.24, 2.45) is 5.92 Å². The topological polar surface area (TPSA) is 54.8 Å². The second-order valence-electron chi connectivity index (χ2n) is 9.44. The predicted molar refractivity (Wildman–Crippen MR) is 144 cm³/mol. The van der Waals surface area contributed by atoms with Gasteiger partial charge in [0.05, 0.1) is 20.2 Å². The number of benzene rings is 2. The van der Waals surface area contributed by atoms with E-state index in [2.05, 4.69) is 10.6 Å². The highest BCUT2D eigenvalue weighted by atomic mass is 35.5. The van der Waals surface area contributed by atoms with Gasteiger partial charge in [-0.05, 0) is 48.2 Å². The van der Waals surface area contributed by atoms with Gasteiger partial charge in [-0.1, -0.05) is 56.3 Å². The number of alkyl halides is 1. The minimum absolute atomic E-state index is 0.00248. The zero-order valence-corrected chi connectivity index (χ0v) is 22.3. The first-order valence-electron chi connectivity index (χ1n) is 12.3. The molecule has 1 atom stereocenters. The van der Waals surface area contributed by atoms with Gasteiger partial charge in [-0.25, -0.2) is 0 Å². The lowest BCUT2D eigenvalue weighted by molar-refractivity contribution is -0.141. The van der Waals surface area contributed by atoms with Gasteiger partial charge >= 0.3 is 0 Å². The van der Waals surface area contributed by atoms with Gasteiger partial charge in [0.25, 0.3) is 0 Å². The van der Waals surface area contributed by atoms with Crippen molar-refractivity contribution >= 4 is 23.4 Å². The molecule has 0 fully saturated rings. The third kappa shape index (κ3) is 7.89. The molecule has 3 rings (SSSR count). The van der Waals surface area contributed by atoms with Gasteiger partial charge in [0, 0.05) is 31.5 Å². The smallest absolute Gasteiger partial charge is 0.242 e. The molecule has 1 heterocycles. The summed E-state index contributed by atoms with van der Waals surface area (Å²) in [4.78, 5) is 29.7. The van der Waals surface area contributed by atoms with Crippen LogP contribution in [0.3, 0.4) is 0 Å². The average Bonchev–Trinajstić information content (AvgIpc) is 3.29. The van der Waals surface area contributed by atoms with E-state index in [0.717, 1.165) is 22.6 Å². The Balaban J connectivity index is 1.83. The number of nitrogens with zero attached hydrogens (tertiary/aromatic N) is 3. The van der Waals surface area contributed by atoms with Crippen LogP contribution in [0.15, 0.2) is 72.9 Å². The first kappa shape index (κ1) is 27.3. The molecule has 0 bridgehead atoms. The summed E-state index contributed by atoms with van der Waals surface area (Å²) in [7, 11) is 1.66. The number of rotatable bonds is 12. The van der Waals surface area contributed by atoms with Gasteiger partial charge in [-0.15, -0.1) is 11.6 Å². The third-order valence-corrected chi connectivity index (χ3v) is 6.08. The van der Waals surface area contributed by atoms with Crippen molar-refractivity contribution in [3.63, 3.8) is 0 Å². The van der Waals surface area contributed by atoms with Gasteiger partial charge in [-0.3, -0.25) is 9.59 Å². The molecule has 0 saturated heterocycles. The van der Waals surface area contributed by atoms with E-state index in [-0.39, 0.29) is 24.3 Å². The molecule has 0 radical (unpaired) electrons. The number of carbonyl (C=O) groups excluding carboxylic acids is 2. The zero-order chi connectivity index (χ0) is 26.1. The zero-order valence-electron chi connectivity index (χ0n) is 21.6. The lowest BCUT2D eigenvalue weighted by atomic mass is 10.1. The van der Waals surface area contributed by atoms with E-state index >= 15 is 0 Å². The Labute approximate surface area is 219 Å². The number of aromatic nitrogens is 1. The van der Waals surface area contributed by atoms with Gasteiger partial charge in [0.1, 0.15) is 11.1 Å². The van der Waals surface area contributed by atoms with E-state index in [1.165, 1.54) is 0 Å². The Morgan fingerprint density at radius 2 is 1.64 bits per heavy atom. The van der Waals surface area contributed by atoms with Crippen LogP contribution in [-0.4, -0.2) is 51.8 Å². The fourth-order valence-electron chi connectivity index (χ4n) is 4.13. The monoisotopic (exact) mass is 509 g/mol. The minimum atomic E-state index is -0.681. The number of halogens is 1. The fourth-order valence-corrected chi connectivity index (χ4v) is 4.27. The highest BCUT2D eigenvalue weighted by Crippen LogP contribution is 2.17. The number of amides is 2. The summed E-state index contributed by atoms with van der Waals surface area (Å²) in [6.07, 6.45) is 2.02. The highest BCUT2D eigenvalue weighted by molar-refractivity contribution is 6.30. The Hall–Kier alpha value is -3.25. The molecule has 0 aliphatic heterocycles. The molecular formula is C29H36ClN3O3. The quantitative estimate of drug-likeness (QED) is 0.316. The molecule has 0 N–H and O–H groups in total. The average molecular weight is 510 g/mol. The summed E-state index contributed by atoms with van der Waals surface area (Å²) >= 11 is 6.11. The van der Waals surface area contributed by atoms with Crippen LogP contribution in [0.1, 0.15) is 37.6 Å². The number of hydrogen-bond acceptors (Lipinski definition) is 3. The largest absolute Gasteiger partial charge is 0.497 e. The van der Waals surface area contributed by atoms with Crippen LogP contribution in [0.25, 0.3) is 0 Å². The van der Waals surface area contributed by atoms with Crippen LogP contribution < -0.4 is 4.74 Å².